The molecule has 0 saturated heterocycles. The second-order valence-electron chi connectivity index (χ2n) is 3.44. The van der Waals surface area contributed by atoms with Crippen LogP contribution in [0.5, 0.6) is 0 Å². The summed E-state index contributed by atoms with van der Waals surface area (Å²) in [6, 6.07) is 16.5. The van der Waals surface area contributed by atoms with E-state index in [9.17, 15) is 0 Å². The van der Waals surface area contributed by atoms with Crippen LogP contribution in [0.15, 0.2) is 53.4 Å². The molecule has 2 aromatic carbocycles. The van der Waals surface area contributed by atoms with Crippen LogP contribution in [0.2, 0.25) is 5.02 Å². The minimum absolute atomic E-state index is 0.782. The Labute approximate surface area is 106 Å². The van der Waals surface area contributed by atoms with Gasteiger partial charge in [0.15, 0.2) is 0 Å². The second-order valence-corrected chi connectivity index (χ2v) is 5.18. The van der Waals surface area contributed by atoms with E-state index in [1.54, 1.807) is 0 Å². The normalized spacial score (nSPS) is 10.4. The Balaban J connectivity index is 2.42. The van der Waals surface area contributed by atoms with Gasteiger partial charge in [-0.3, -0.25) is 0 Å². The van der Waals surface area contributed by atoms with Crippen molar-refractivity contribution in [2.24, 2.45) is 0 Å². The molecule has 0 amide bonds. The van der Waals surface area contributed by atoms with Gasteiger partial charge in [-0.05, 0) is 35.1 Å². The maximum absolute atomic E-state index is 5.89. The summed E-state index contributed by atoms with van der Waals surface area (Å²) in [5, 5.41) is 0.782. The van der Waals surface area contributed by atoms with E-state index in [1.165, 1.54) is 16.0 Å². The molecule has 0 saturated carbocycles. The van der Waals surface area contributed by atoms with Crippen molar-refractivity contribution < 1.29 is 0 Å². The first-order valence-electron chi connectivity index (χ1n) is 5.29. The van der Waals surface area contributed by atoms with Crippen LogP contribution in [0, 0.1) is 0 Å². The third-order valence-electron chi connectivity index (χ3n) is 2.34. The van der Waals surface area contributed by atoms with Gasteiger partial charge in [0, 0.05) is 9.92 Å². The van der Waals surface area contributed by atoms with E-state index >= 15 is 0 Å². The fourth-order valence-corrected chi connectivity index (χ4v) is 2.57. The first-order valence-corrected chi connectivity index (χ1v) is 6.65. The van der Waals surface area contributed by atoms with Crippen LogP contribution in [0.1, 0.15) is 6.92 Å². The summed E-state index contributed by atoms with van der Waals surface area (Å²) in [6.07, 6.45) is 0. The predicted octanol–water partition coefficient (Wildman–Crippen LogP) is 5.12. The van der Waals surface area contributed by atoms with Crippen LogP contribution >= 0.6 is 23.4 Å². The van der Waals surface area contributed by atoms with Crippen LogP contribution in [-0.2, 0) is 0 Å². The Morgan fingerprint density at radius 3 is 2.38 bits per heavy atom. The zero-order valence-electron chi connectivity index (χ0n) is 9.11. The summed E-state index contributed by atoms with van der Waals surface area (Å²) in [5.41, 5.74) is 2.51. The molecule has 2 aromatic rings. The van der Waals surface area contributed by atoms with Crippen LogP contribution < -0.4 is 0 Å². The van der Waals surface area contributed by atoms with Crippen molar-refractivity contribution in [3.8, 4) is 11.1 Å². The largest absolute Gasteiger partial charge is 0.126 e. The second kappa shape index (κ2) is 5.42. The van der Waals surface area contributed by atoms with E-state index in [2.05, 4.69) is 43.3 Å². The number of halogens is 1. The standard InChI is InChI=1S/C14H13ClS/c1-2-16-14-6-4-3-5-13(14)11-7-9-12(15)10-8-11/h3-10H,2H2,1H3. The van der Waals surface area contributed by atoms with Gasteiger partial charge in [-0.1, -0.05) is 48.9 Å². The molecule has 0 radical (unpaired) electrons. The molecule has 0 bridgehead atoms. The van der Waals surface area contributed by atoms with Crippen molar-refractivity contribution in [2.45, 2.75) is 11.8 Å². The van der Waals surface area contributed by atoms with Crippen molar-refractivity contribution in [2.75, 3.05) is 5.75 Å². The first-order chi connectivity index (χ1) is 7.81. The molecule has 0 spiro atoms. The van der Waals surface area contributed by atoms with E-state index in [0.717, 1.165) is 10.8 Å². The molecule has 0 aromatic heterocycles. The maximum Gasteiger partial charge on any atom is 0.0406 e. The topological polar surface area (TPSA) is 0 Å². The Kier molecular flexibility index (Phi) is 3.92. The smallest absolute Gasteiger partial charge is 0.0406 e. The van der Waals surface area contributed by atoms with Crippen molar-refractivity contribution in [1.29, 1.82) is 0 Å². The predicted molar refractivity (Wildman–Crippen MR) is 73.3 cm³/mol. The van der Waals surface area contributed by atoms with Gasteiger partial charge < -0.3 is 0 Å². The Hall–Kier alpha value is -0.920. The van der Waals surface area contributed by atoms with Crippen LogP contribution in [0.3, 0.4) is 0 Å². The van der Waals surface area contributed by atoms with Gasteiger partial charge in [-0.2, -0.15) is 0 Å². The average Bonchev–Trinajstić information content (AvgIpc) is 2.32. The molecule has 2 heteroatoms. The summed E-state index contributed by atoms with van der Waals surface area (Å²) in [6.45, 7) is 2.17. The third-order valence-corrected chi connectivity index (χ3v) is 3.55. The van der Waals surface area contributed by atoms with E-state index in [1.807, 2.05) is 23.9 Å². The fourth-order valence-electron chi connectivity index (χ4n) is 1.62. The van der Waals surface area contributed by atoms with Gasteiger partial charge in [0.2, 0.25) is 0 Å². The molecule has 0 aliphatic heterocycles. The maximum atomic E-state index is 5.89. The zero-order valence-corrected chi connectivity index (χ0v) is 10.7. The van der Waals surface area contributed by atoms with Gasteiger partial charge in [0.1, 0.15) is 0 Å². The SMILES string of the molecule is CCSc1ccccc1-c1ccc(Cl)cc1. The molecule has 0 aliphatic carbocycles. The molecule has 16 heavy (non-hydrogen) atoms. The van der Waals surface area contributed by atoms with Gasteiger partial charge in [-0.15, -0.1) is 11.8 Å². The number of benzene rings is 2. The van der Waals surface area contributed by atoms with E-state index < -0.39 is 0 Å². The first kappa shape index (κ1) is 11.6. The summed E-state index contributed by atoms with van der Waals surface area (Å²) in [5.74, 6) is 1.09. The fraction of sp³-hybridized carbons (Fsp3) is 0.143. The lowest BCUT2D eigenvalue weighted by Gasteiger charge is -2.08. The van der Waals surface area contributed by atoms with Crippen molar-refractivity contribution in [3.63, 3.8) is 0 Å². The molecule has 0 unspecified atom stereocenters. The lowest BCUT2D eigenvalue weighted by molar-refractivity contribution is 1.42. The number of thioether (sulfide) groups is 1. The van der Waals surface area contributed by atoms with Crippen LogP contribution in [0.25, 0.3) is 11.1 Å². The summed E-state index contributed by atoms with van der Waals surface area (Å²) < 4.78 is 0. The highest BCUT2D eigenvalue weighted by Crippen LogP contribution is 2.31. The average molecular weight is 249 g/mol. The summed E-state index contributed by atoms with van der Waals surface area (Å²) in [7, 11) is 0. The molecule has 0 N–H and O–H groups in total. The molecule has 0 aliphatic rings. The minimum Gasteiger partial charge on any atom is -0.126 e. The third kappa shape index (κ3) is 2.60. The van der Waals surface area contributed by atoms with Crippen molar-refractivity contribution >= 4 is 23.4 Å². The molecular formula is C14H13ClS. The van der Waals surface area contributed by atoms with E-state index in [0.29, 0.717) is 0 Å². The molecule has 82 valence electrons. The quantitative estimate of drug-likeness (QED) is 0.680. The summed E-state index contributed by atoms with van der Waals surface area (Å²) in [4.78, 5) is 1.33. The highest BCUT2D eigenvalue weighted by molar-refractivity contribution is 7.99. The molecule has 0 heterocycles. The van der Waals surface area contributed by atoms with Gasteiger partial charge in [0.05, 0.1) is 0 Å². The highest BCUT2D eigenvalue weighted by Gasteiger charge is 2.03. The van der Waals surface area contributed by atoms with Crippen LogP contribution in [0.4, 0.5) is 0 Å². The molecular weight excluding hydrogens is 236 g/mol. The van der Waals surface area contributed by atoms with E-state index in [-0.39, 0.29) is 0 Å². The van der Waals surface area contributed by atoms with Crippen molar-refractivity contribution in [3.05, 3.63) is 53.6 Å². The zero-order chi connectivity index (χ0) is 11.4. The summed E-state index contributed by atoms with van der Waals surface area (Å²) >= 11 is 7.76. The van der Waals surface area contributed by atoms with Gasteiger partial charge in [-0.25, -0.2) is 0 Å². The minimum atomic E-state index is 0.782. The Morgan fingerprint density at radius 1 is 1.00 bits per heavy atom. The van der Waals surface area contributed by atoms with Crippen LogP contribution in [-0.4, -0.2) is 5.75 Å². The Morgan fingerprint density at radius 2 is 1.69 bits per heavy atom. The molecule has 0 fully saturated rings. The lowest BCUT2D eigenvalue weighted by atomic mass is 10.1. The lowest BCUT2D eigenvalue weighted by Crippen LogP contribution is -1.82. The Bertz CT molecular complexity index is 462. The molecule has 0 atom stereocenters. The number of hydrogen-bond donors (Lipinski definition) is 0. The van der Waals surface area contributed by atoms with E-state index in [4.69, 9.17) is 11.6 Å². The van der Waals surface area contributed by atoms with Gasteiger partial charge >= 0.3 is 0 Å². The highest BCUT2D eigenvalue weighted by atomic mass is 35.5. The molecule has 0 nitrogen and oxygen atoms in total. The van der Waals surface area contributed by atoms with Crippen molar-refractivity contribution in [1.82, 2.24) is 0 Å². The number of hydrogen-bond acceptors (Lipinski definition) is 1. The molecule has 2 rings (SSSR count). The monoisotopic (exact) mass is 248 g/mol. The number of rotatable bonds is 3. The van der Waals surface area contributed by atoms with Gasteiger partial charge in [0.25, 0.3) is 0 Å².